The Morgan fingerprint density at radius 2 is 0.646 bits per heavy atom. The van der Waals surface area contributed by atoms with Crippen molar-refractivity contribution in [3.05, 3.63) is 97.2 Å². The molecule has 3 atom stereocenters. The van der Waals surface area contributed by atoms with Gasteiger partial charge in [-0.1, -0.05) is 253 Å². The number of hydrogen-bond acceptors (Lipinski definition) is 10. The van der Waals surface area contributed by atoms with Gasteiger partial charge in [-0.25, -0.2) is 4.57 Å². The van der Waals surface area contributed by atoms with Gasteiger partial charge in [0.15, 0.2) is 6.10 Å². The second-order valence-electron chi connectivity index (χ2n) is 21.9. The molecule has 0 bridgehead atoms. The number of esters is 3. The van der Waals surface area contributed by atoms with Crippen LogP contribution in [0.2, 0.25) is 0 Å². The average Bonchev–Trinajstić information content (AvgIpc) is 3.47. The van der Waals surface area contributed by atoms with Crippen LogP contribution in [0.5, 0.6) is 0 Å². The van der Waals surface area contributed by atoms with Gasteiger partial charge in [0.05, 0.1) is 19.8 Å². The summed E-state index contributed by atoms with van der Waals surface area (Å²) in [5.41, 5.74) is 0. The topological polar surface area (TPSA) is 155 Å². The molecule has 0 heterocycles. The molecule has 3 unspecified atom stereocenters. The molecular formula is C70H121O11P. The second-order valence-corrected chi connectivity index (χ2v) is 23.3. The van der Waals surface area contributed by atoms with E-state index in [1.807, 2.05) is 6.08 Å². The van der Waals surface area contributed by atoms with E-state index in [9.17, 15) is 28.9 Å². The quantitative estimate of drug-likeness (QED) is 0.0197. The van der Waals surface area contributed by atoms with Crippen LogP contribution in [0.3, 0.4) is 0 Å². The van der Waals surface area contributed by atoms with Crippen molar-refractivity contribution in [2.75, 3.05) is 26.4 Å². The van der Waals surface area contributed by atoms with Gasteiger partial charge >= 0.3 is 25.7 Å². The van der Waals surface area contributed by atoms with E-state index in [4.69, 9.17) is 23.3 Å². The number of aliphatic hydroxyl groups is 1. The van der Waals surface area contributed by atoms with E-state index >= 15 is 0 Å². The monoisotopic (exact) mass is 1170 g/mol. The lowest BCUT2D eigenvalue weighted by atomic mass is 10.1. The molecule has 0 radical (unpaired) electrons. The van der Waals surface area contributed by atoms with Gasteiger partial charge in [0, 0.05) is 19.3 Å². The van der Waals surface area contributed by atoms with E-state index in [1.165, 1.54) is 141 Å². The third-order valence-electron chi connectivity index (χ3n) is 14.0. The Morgan fingerprint density at radius 3 is 1.05 bits per heavy atom. The van der Waals surface area contributed by atoms with Gasteiger partial charge < -0.3 is 24.2 Å². The van der Waals surface area contributed by atoms with Crippen LogP contribution >= 0.6 is 7.82 Å². The highest BCUT2D eigenvalue weighted by Gasteiger charge is 2.28. The predicted molar refractivity (Wildman–Crippen MR) is 344 cm³/mol. The maximum Gasteiger partial charge on any atom is 0.472 e. The van der Waals surface area contributed by atoms with Crippen molar-refractivity contribution in [3.8, 4) is 0 Å². The van der Waals surface area contributed by atoms with Crippen molar-refractivity contribution in [1.29, 1.82) is 0 Å². The molecule has 0 rings (SSSR count). The fourth-order valence-corrected chi connectivity index (χ4v) is 9.73. The predicted octanol–water partition coefficient (Wildman–Crippen LogP) is 20.4. The molecular weight excluding hydrogens is 1050 g/mol. The Morgan fingerprint density at radius 1 is 0.354 bits per heavy atom. The zero-order chi connectivity index (χ0) is 59.8. The van der Waals surface area contributed by atoms with E-state index in [0.717, 1.165) is 83.5 Å². The molecule has 0 aliphatic carbocycles. The molecule has 0 spiro atoms. The van der Waals surface area contributed by atoms with Crippen molar-refractivity contribution in [2.45, 2.75) is 303 Å². The molecule has 0 saturated carbocycles. The Labute approximate surface area is 502 Å². The number of rotatable bonds is 61. The van der Waals surface area contributed by atoms with Crippen LogP contribution in [0.1, 0.15) is 290 Å². The van der Waals surface area contributed by atoms with E-state index < -0.39 is 57.8 Å². The number of phosphoric acid groups is 1. The third-order valence-corrected chi connectivity index (χ3v) is 14.9. The van der Waals surface area contributed by atoms with Crippen LogP contribution in [-0.4, -0.2) is 66.5 Å². The SMILES string of the molecule is CC/C=C\C/C=C\C/C=C\C/C=C\C/C=C\CCCC(=O)OCC(COP(=O)(O)OCC(CO)OC(=O)CCCCCCCCCCC/C=C\CCCCCCCC)OC(=O)CCCCCCCCCCC/C=C\C/C=C\CCCCC. The highest BCUT2D eigenvalue weighted by Crippen LogP contribution is 2.43. The lowest BCUT2D eigenvalue weighted by Gasteiger charge is -2.21. The van der Waals surface area contributed by atoms with Crippen LogP contribution in [0.25, 0.3) is 0 Å². The smallest absolute Gasteiger partial charge is 0.462 e. The van der Waals surface area contributed by atoms with Gasteiger partial charge in [-0.2, -0.15) is 0 Å². The summed E-state index contributed by atoms with van der Waals surface area (Å²) in [5.74, 6) is -1.54. The molecule has 0 aromatic carbocycles. The average molecular weight is 1170 g/mol. The number of ether oxygens (including phenoxy) is 3. The fraction of sp³-hybridized carbons (Fsp3) is 0.729. The number of unbranched alkanes of at least 4 members (excludes halogenated alkanes) is 28. The van der Waals surface area contributed by atoms with E-state index in [0.29, 0.717) is 25.7 Å². The summed E-state index contributed by atoms with van der Waals surface area (Å²) in [6.07, 6.45) is 76.5. The van der Waals surface area contributed by atoms with Crippen LogP contribution in [-0.2, 0) is 42.2 Å². The van der Waals surface area contributed by atoms with Crippen molar-refractivity contribution in [2.24, 2.45) is 0 Å². The number of allylic oxidation sites excluding steroid dienone is 16. The summed E-state index contributed by atoms with van der Waals surface area (Å²) in [4.78, 5) is 48.8. The maximum absolute atomic E-state index is 13.0. The third kappa shape index (κ3) is 61.0. The van der Waals surface area contributed by atoms with Gasteiger partial charge in [0.25, 0.3) is 0 Å². The first-order valence-corrected chi connectivity index (χ1v) is 34.6. The Bertz CT molecular complexity index is 1750. The minimum Gasteiger partial charge on any atom is -0.462 e. The van der Waals surface area contributed by atoms with Gasteiger partial charge in [0.2, 0.25) is 0 Å². The van der Waals surface area contributed by atoms with Gasteiger partial charge in [0.1, 0.15) is 12.7 Å². The summed E-state index contributed by atoms with van der Waals surface area (Å²) in [7, 11) is -4.77. The molecule has 82 heavy (non-hydrogen) atoms. The summed E-state index contributed by atoms with van der Waals surface area (Å²) in [5, 5.41) is 9.87. The van der Waals surface area contributed by atoms with Crippen LogP contribution in [0.15, 0.2) is 97.2 Å². The number of carbonyl (C=O) groups is 3. The van der Waals surface area contributed by atoms with Crippen molar-refractivity contribution in [3.63, 3.8) is 0 Å². The van der Waals surface area contributed by atoms with Crippen molar-refractivity contribution in [1.82, 2.24) is 0 Å². The molecule has 472 valence electrons. The maximum atomic E-state index is 13.0. The lowest BCUT2D eigenvalue weighted by molar-refractivity contribution is -0.161. The van der Waals surface area contributed by atoms with Crippen molar-refractivity contribution < 1.29 is 52.2 Å². The first-order valence-electron chi connectivity index (χ1n) is 33.1. The Hall–Kier alpha value is -3.60. The van der Waals surface area contributed by atoms with Crippen LogP contribution in [0, 0.1) is 0 Å². The number of carbonyl (C=O) groups excluding carboxylic acids is 3. The molecule has 0 aliphatic rings. The molecule has 0 fully saturated rings. The molecule has 0 saturated heterocycles. The highest BCUT2D eigenvalue weighted by molar-refractivity contribution is 7.47. The largest absolute Gasteiger partial charge is 0.472 e. The highest BCUT2D eigenvalue weighted by atomic mass is 31.2. The number of hydrogen-bond donors (Lipinski definition) is 2. The molecule has 0 aromatic heterocycles. The summed E-state index contributed by atoms with van der Waals surface area (Å²) >= 11 is 0. The zero-order valence-electron chi connectivity index (χ0n) is 52.4. The van der Waals surface area contributed by atoms with Gasteiger partial charge in [-0.05, 0) is 116 Å². The number of aliphatic hydroxyl groups excluding tert-OH is 1. The molecule has 0 amide bonds. The Balaban J connectivity index is 4.74. The fourth-order valence-electron chi connectivity index (χ4n) is 8.95. The summed E-state index contributed by atoms with van der Waals surface area (Å²) in [6.45, 7) is 4.47. The summed E-state index contributed by atoms with van der Waals surface area (Å²) in [6, 6.07) is 0. The standard InChI is InChI=1S/C70H121O11P/c1-4-7-10-13-16-19-22-25-28-31-33-36-39-42-45-48-51-54-57-60-69(73)80-66(62-71)64-78-82(75,76)79-65-67(63-77-68(72)59-56-53-50-47-44-41-38-35-30-27-24-21-18-15-12-9-6-3)81-70(74)61-58-55-52-49-46-43-40-37-34-32-29-26-23-20-17-14-11-8-5-2/h9,12,17-18,20-21,25-30,38,41,47,50,66-67,71H,4-8,10-11,13-16,19,22-24,31-37,39-40,42-46,48-49,51-65H2,1-3H3,(H,75,76)/b12-9-,20-17-,21-18-,28-25-,29-26-,30-27-,41-38-,50-47-. The first-order chi connectivity index (χ1) is 40.2. The second kappa shape index (κ2) is 63.4. The minimum atomic E-state index is -4.77. The molecule has 0 aliphatic heterocycles. The van der Waals surface area contributed by atoms with Crippen molar-refractivity contribution >= 4 is 25.7 Å². The normalized spacial score (nSPS) is 13.9. The lowest BCUT2D eigenvalue weighted by Crippen LogP contribution is -2.30. The molecule has 2 N–H and O–H groups in total. The van der Waals surface area contributed by atoms with Gasteiger partial charge in [-0.15, -0.1) is 0 Å². The van der Waals surface area contributed by atoms with E-state index in [-0.39, 0.29) is 25.9 Å². The van der Waals surface area contributed by atoms with Gasteiger partial charge in [-0.3, -0.25) is 23.4 Å². The van der Waals surface area contributed by atoms with E-state index in [2.05, 4.69) is 112 Å². The molecule has 0 aromatic rings. The molecule has 11 nitrogen and oxygen atoms in total. The number of phosphoric ester groups is 1. The molecule has 12 heteroatoms. The van der Waals surface area contributed by atoms with Crippen LogP contribution < -0.4 is 0 Å². The van der Waals surface area contributed by atoms with Crippen LogP contribution in [0.4, 0.5) is 0 Å². The zero-order valence-corrected chi connectivity index (χ0v) is 53.3. The first kappa shape index (κ1) is 78.4. The Kier molecular flexibility index (Phi) is 60.6. The summed E-state index contributed by atoms with van der Waals surface area (Å²) < 4.78 is 39.7. The minimum absolute atomic E-state index is 0.144. The van der Waals surface area contributed by atoms with E-state index in [1.54, 1.807) is 0 Å².